The molecule has 0 bridgehead atoms. The molecule has 294 valence electrons. The zero-order valence-corrected chi connectivity index (χ0v) is 31.4. The van der Waals surface area contributed by atoms with Gasteiger partial charge in [-0.05, 0) is 48.9 Å². The Kier molecular flexibility index (Phi) is 12.2. The topological polar surface area (TPSA) is 217 Å². The SMILES string of the molecule is Cc1ccc(N(CC(=O)O)CC(=O)O)c(OCCOc2cc(-c3c4ccc(=[N+](C)C)cc-4oc4cc(N(C)C)ccc34)c(O)cc2N(CC(=O)[O-])CC(=O)O)c1. The van der Waals surface area contributed by atoms with Gasteiger partial charge >= 0.3 is 17.9 Å². The highest BCUT2D eigenvalue weighted by molar-refractivity contribution is 6.04. The number of nitrogens with zero attached hydrogens (tertiary/aromatic N) is 4. The van der Waals surface area contributed by atoms with Gasteiger partial charge in [-0.15, -0.1) is 0 Å². The van der Waals surface area contributed by atoms with Gasteiger partial charge in [0.2, 0.25) is 5.36 Å². The fourth-order valence-corrected chi connectivity index (χ4v) is 6.23. The van der Waals surface area contributed by atoms with Crippen molar-refractivity contribution in [2.45, 2.75) is 6.92 Å². The number of rotatable bonds is 17. The average Bonchev–Trinajstić information content (AvgIpc) is 3.11. The summed E-state index contributed by atoms with van der Waals surface area (Å²) in [6.45, 7) is -1.44. The second-order valence-corrected chi connectivity index (χ2v) is 13.4. The summed E-state index contributed by atoms with van der Waals surface area (Å²) >= 11 is 0. The Hall–Kier alpha value is -6.97. The number of aliphatic carboxylic acids is 4. The van der Waals surface area contributed by atoms with E-state index in [2.05, 4.69) is 0 Å². The molecule has 16 nitrogen and oxygen atoms in total. The largest absolute Gasteiger partial charge is 0.548 e. The molecule has 0 amide bonds. The first-order valence-corrected chi connectivity index (χ1v) is 17.3. The summed E-state index contributed by atoms with van der Waals surface area (Å²) in [4.78, 5) is 50.8. The molecule has 4 N–H and O–H groups in total. The summed E-state index contributed by atoms with van der Waals surface area (Å²) in [5.41, 5.74) is 3.75. The van der Waals surface area contributed by atoms with Crippen LogP contribution < -0.4 is 39.2 Å². The molecule has 0 saturated heterocycles. The van der Waals surface area contributed by atoms with E-state index in [1.807, 2.05) is 74.1 Å². The van der Waals surface area contributed by atoms with Crippen LogP contribution in [0.4, 0.5) is 17.1 Å². The third-order valence-electron chi connectivity index (χ3n) is 8.76. The normalized spacial score (nSPS) is 10.9. The van der Waals surface area contributed by atoms with Gasteiger partial charge in [-0.3, -0.25) is 14.4 Å². The molecule has 3 aromatic rings. The first-order chi connectivity index (χ1) is 26.5. The molecule has 56 heavy (non-hydrogen) atoms. The highest BCUT2D eigenvalue weighted by atomic mass is 16.5. The van der Waals surface area contributed by atoms with Crippen LogP contribution in [-0.4, -0.2) is 112 Å². The van der Waals surface area contributed by atoms with Crippen LogP contribution in [0, 0.1) is 6.92 Å². The molecular weight excluding hydrogens is 728 g/mol. The average molecular weight is 771 g/mol. The van der Waals surface area contributed by atoms with E-state index in [0.717, 1.165) is 26.4 Å². The minimum Gasteiger partial charge on any atom is -0.548 e. The Morgan fingerprint density at radius 1 is 0.732 bits per heavy atom. The molecule has 0 saturated carbocycles. The van der Waals surface area contributed by atoms with Crippen molar-refractivity contribution in [1.29, 1.82) is 0 Å². The highest BCUT2D eigenvalue weighted by Crippen LogP contribution is 2.47. The van der Waals surface area contributed by atoms with E-state index in [1.54, 1.807) is 25.1 Å². The van der Waals surface area contributed by atoms with Crippen LogP contribution in [0.2, 0.25) is 0 Å². The number of hydrogen-bond donors (Lipinski definition) is 4. The third kappa shape index (κ3) is 9.39. The highest BCUT2D eigenvalue weighted by Gasteiger charge is 2.25. The van der Waals surface area contributed by atoms with Crippen LogP contribution in [0.3, 0.4) is 0 Å². The first-order valence-electron chi connectivity index (χ1n) is 17.3. The number of carboxylic acids is 4. The molecule has 0 unspecified atom stereocenters. The van der Waals surface area contributed by atoms with Gasteiger partial charge < -0.3 is 58.9 Å². The second-order valence-electron chi connectivity index (χ2n) is 13.4. The van der Waals surface area contributed by atoms with Gasteiger partial charge in [0, 0.05) is 60.1 Å². The lowest BCUT2D eigenvalue weighted by Gasteiger charge is -2.27. The molecule has 1 aliphatic heterocycles. The number of carboxylic acid groups (broad SMARTS) is 4. The molecule has 3 aromatic carbocycles. The minimum absolute atomic E-state index is 0.00339. The Morgan fingerprint density at radius 3 is 1.91 bits per heavy atom. The van der Waals surface area contributed by atoms with E-state index >= 15 is 0 Å². The number of ether oxygens (including phenoxy) is 2. The van der Waals surface area contributed by atoms with Crippen molar-refractivity contribution in [2.75, 3.05) is 82.3 Å². The van der Waals surface area contributed by atoms with Crippen molar-refractivity contribution in [3.8, 4) is 39.7 Å². The quantitative estimate of drug-likeness (QED) is 0.0607. The maximum Gasteiger partial charge on any atom is 0.323 e. The number of benzene rings is 4. The lowest BCUT2D eigenvalue weighted by molar-refractivity contribution is -0.303. The number of aryl methyl sites for hydroxylation is 1. The summed E-state index contributed by atoms with van der Waals surface area (Å²) in [6.07, 6.45) is 0. The number of carbonyl (C=O) groups is 4. The minimum atomic E-state index is -1.57. The van der Waals surface area contributed by atoms with Crippen LogP contribution in [0.5, 0.6) is 17.2 Å². The molecule has 0 radical (unpaired) electrons. The van der Waals surface area contributed by atoms with Gasteiger partial charge in [0.25, 0.3) is 0 Å². The number of carbonyl (C=O) groups excluding carboxylic acids is 1. The van der Waals surface area contributed by atoms with E-state index in [4.69, 9.17) is 13.9 Å². The molecule has 0 aromatic heterocycles. The fraction of sp³-hybridized carbons (Fsp3) is 0.275. The maximum absolute atomic E-state index is 11.9. The smallest absolute Gasteiger partial charge is 0.323 e. The summed E-state index contributed by atoms with van der Waals surface area (Å²) in [5.74, 6) is -5.02. The molecular formula is C40H42N4O12. The first kappa shape index (κ1) is 40.2. The molecule has 0 fully saturated rings. The molecule has 2 aliphatic rings. The van der Waals surface area contributed by atoms with E-state index in [0.29, 0.717) is 27.9 Å². The standard InChI is InChI=1S/C40H42N4O12/c1-23-6-11-29(43(19-36(46)47)20-37(48)49)34(14-23)54-12-13-55-35-17-28(31(45)18-30(35)44(21-38(50)51)22-39(52)53)40-26-9-7-24(41(2)3)15-32(26)56-33-16-25(42(4)5)8-10-27(33)40/h6-11,14-18H,12-13,19-22H2,1-5H3,(H4,46,47,48,49,50,51,52,53). The predicted octanol–water partition coefficient (Wildman–Crippen LogP) is 2.39. The number of anilines is 3. The molecule has 1 aliphatic carbocycles. The van der Waals surface area contributed by atoms with Crippen LogP contribution in [-0.2, 0) is 19.2 Å². The van der Waals surface area contributed by atoms with Crippen LogP contribution in [0.15, 0.2) is 71.1 Å². The van der Waals surface area contributed by atoms with Gasteiger partial charge in [0.1, 0.15) is 75.5 Å². The second kappa shape index (κ2) is 17.0. The van der Waals surface area contributed by atoms with Crippen molar-refractivity contribution in [2.24, 2.45) is 0 Å². The van der Waals surface area contributed by atoms with Gasteiger partial charge in [0.05, 0.1) is 30.0 Å². The van der Waals surface area contributed by atoms with Crippen molar-refractivity contribution in [1.82, 2.24) is 4.58 Å². The third-order valence-corrected chi connectivity index (χ3v) is 8.76. The van der Waals surface area contributed by atoms with E-state index < -0.39 is 50.1 Å². The summed E-state index contributed by atoms with van der Waals surface area (Å²) in [5, 5.41) is 53.5. The van der Waals surface area contributed by atoms with Crippen molar-refractivity contribution < 1.29 is 58.6 Å². The summed E-state index contributed by atoms with van der Waals surface area (Å²) in [7, 11) is 7.57. The molecule has 1 heterocycles. The number of fused-ring (bicyclic) bond motifs is 2. The van der Waals surface area contributed by atoms with Crippen molar-refractivity contribution in [3.05, 3.63) is 77.7 Å². The van der Waals surface area contributed by atoms with E-state index in [9.17, 15) is 44.7 Å². The molecule has 0 atom stereocenters. The lowest BCUT2D eigenvalue weighted by Crippen LogP contribution is -2.41. The monoisotopic (exact) mass is 770 g/mol. The van der Waals surface area contributed by atoms with Gasteiger partial charge in [-0.2, -0.15) is 0 Å². The van der Waals surface area contributed by atoms with E-state index in [-0.39, 0.29) is 47.4 Å². The van der Waals surface area contributed by atoms with E-state index in [1.165, 1.54) is 12.1 Å². The molecule has 0 spiro atoms. The number of hydrogen-bond acceptors (Lipinski definition) is 12. The predicted molar refractivity (Wildman–Crippen MR) is 206 cm³/mol. The Bertz CT molecular complexity index is 2320. The Morgan fingerprint density at radius 2 is 1.34 bits per heavy atom. The number of phenols is 1. The zero-order valence-electron chi connectivity index (χ0n) is 31.4. The van der Waals surface area contributed by atoms with Gasteiger partial charge in [-0.1, -0.05) is 6.07 Å². The van der Waals surface area contributed by atoms with Crippen molar-refractivity contribution >= 4 is 51.9 Å². The fourth-order valence-electron chi connectivity index (χ4n) is 6.23. The van der Waals surface area contributed by atoms with Gasteiger partial charge in [-0.25, -0.2) is 4.58 Å². The summed E-state index contributed by atoms with van der Waals surface area (Å²) < 4.78 is 20.5. The zero-order chi connectivity index (χ0) is 40.8. The van der Waals surface area contributed by atoms with Crippen molar-refractivity contribution in [3.63, 3.8) is 0 Å². The van der Waals surface area contributed by atoms with Gasteiger partial charge in [0.15, 0.2) is 0 Å². The number of phenolic OH excluding ortho intramolecular Hbond substituents is 1. The Balaban J connectivity index is 1.62. The lowest BCUT2D eigenvalue weighted by atomic mass is 9.92. The Labute approximate surface area is 321 Å². The molecule has 16 heteroatoms. The van der Waals surface area contributed by atoms with Crippen LogP contribution in [0.25, 0.3) is 33.4 Å². The number of aromatic hydroxyl groups is 1. The summed E-state index contributed by atoms with van der Waals surface area (Å²) in [6, 6.07) is 18.8. The van der Waals surface area contributed by atoms with Crippen LogP contribution in [0.1, 0.15) is 5.56 Å². The molecule has 5 rings (SSSR count). The van der Waals surface area contributed by atoms with Crippen LogP contribution >= 0.6 is 0 Å². The maximum atomic E-state index is 11.9.